The molecular weight excluding hydrogens is 246 g/mol. The van der Waals surface area contributed by atoms with E-state index in [4.69, 9.17) is 10.5 Å². The number of rotatable bonds is 4. The summed E-state index contributed by atoms with van der Waals surface area (Å²) in [6, 6.07) is 0.605. The van der Waals surface area contributed by atoms with Gasteiger partial charge in [-0.3, -0.25) is 0 Å². The zero-order valence-corrected chi connectivity index (χ0v) is 12.3. The Balaban J connectivity index is 2.15. The van der Waals surface area contributed by atoms with Crippen molar-refractivity contribution in [3.8, 4) is 5.75 Å². The standard InChI is InChI=1S/C13H23N3OS/c1-9(2)17-11-12(14)15-18-13(11)16(3)10-7-5-4-6-8-10/h9-10H,4-8H2,1-3H3,(H2,14,15). The highest BCUT2D eigenvalue weighted by molar-refractivity contribution is 7.11. The van der Waals surface area contributed by atoms with Gasteiger partial charge in [-0.05, 0) is 38.2 Å². The zero-order chi connectivity index (χ0) is 13.1. The van der Waals surface area contributed by atoms with Gasteiger partial charge in [0.2, 0.25) is 0 Å². The van der Waals surface area contributed by atoms with Gasteiger partial charge in [-0.25, -0.2) is 0 Å². The third-order valence-corrected chi connectivity index (χ3v) is 4.39. The van der Waals surface area contributed by atoms with Gasteiger partial charge in [-0.15, -0.1) is 0 Å². The van der Waals surface area contributed by atoms with Crippen LogP contribution in [0.25, 0.3) is 0 Å². The summed E-state index contributed by atoms with van der Waals surface area (Å²) >= 11 is 1.45. The molecule has 1 aliphatic carbocycles. The molecule has 2 N–H and O–H groups in total. The van der Waals surface area contributed by atoms with Crippen LogP contribution in [-0.2, 0) is 0 Å². The Morgan fingerprint density at radius 1 is 1.33 bits per heavy atom. The van der Waals surface area contributed by atoms with Crippen molar-refractivity contribution in [3.05, 3.63) is 0 Å². The quantitative estimate of drug-likeness (QED) is 0.911. The summed E-state index contributed by atoms with van der Waals surface area (Å²) in [5.41, 5.74) is 5.90. The molecule has 0 radical (unpaired) electrons. The van der Waals surface area contributed by atoms with Crippen molar-refractivity contribution in [1.82, 2.24) is 4.37 Å². The van der Waals surface area contributed by atoms with Crippen LogP contribution in [0.1, 0.15) is 46.0 Å². The highest BCUT2D eigenvalue weighted by Crippen LogP contribution is 2.40. The zero-order valence-electron chi connectivity index (χ0n) is 11.5. The number of nitrogens with two attached hydrogens (primary N) is 1. The highest BCUT2D eigenvalue weighted by Gasteiger charge is 2.24. The van der Waals surface area contributed by atoms with Gasteiger partial charge in [-0.1, -0.05) is 19.3 Å². The highest BCUT2D eigenvalue weighted by atomic mass is 32.1. The predicted molar refractivity (Wildman–Crippen MR) is 77.6 cm³/mol. The number of aromatic nitrogens is 1. The second-order valence-corrected chi connectivity index (χ2v) is 6.02. The number of hydrogen-bond acceptors (Lipinski definition) is 5. The molecule has 0 aromatic carbocycles. The van der Waals surface area contributed by atoms with Crippen LogP contribution in [0.4, 0.5) is 10.8 Å². The molecule has 4 nitrogen and oxygen atoms in total. The maximum Gasteiger partial charge on any atom is 0.198 e. The lowest BCUT2D eigenvalue weighted by atomic mass is 9.95. The van der Waals surface area contributed by atoms with Crippen LogP contribution in [0.5, 0.6) is 5.75 Å². The van der Waals surface area contributed by atoms with Crippen molar-refractivity contribution in [3.63, 3.8) is 0 Å². The molecule has 0 unspecified atom stereocenters. The SMILES string of the molecule is CC(C)Oc1c(N)nsc1N(C)C1CCCCC1. The molecule has 0 saturated heterocycles. The van der Waals surface area contributed by atoms with Gasteiger partial charge in [0.15, 0.2) is 16.6 Å². The van der Waals surface area contributed by atoms with E-state index in [-0.39, 0.29) is 6.10 Å². The van der Waals surface area contributed by atoms with Crippen molar-refractivity contribution >= 4 is 22.4 Å². The first-order chi connectivity index (χ1) is 8.59. The number of nitrogens with zero attached hydrogens (tertiary/aromatic N) is 2. The van der Waals surface area contributed by atoms with E-state index >= 15 is 0 Å². The summed E-state index contributed by atoms with van der Waals surface area (Å²) in [5.74, 6) is 1.29. The molecule has 102 valence electrons. The van der Waals surface area contributed by atoms with E-state index in [1.54, 1.807) is 0 Å². The molecule has 1 aromatic rings. The second kappa shape index (κ2) is 5.78. The molecule has 18 heavy (non-hydrogen) atoms. The molecular formula is C13H23N3OS. The molecule has 0 amide bonds. The van der Waals surface area contributed by atoms with Gasteiger partial charge in [0, 0.05) is 13.1 Å². The maximum absolute atomic E-state index is 5.90. The lowest BCUT2D eigenvalue weighted by molar-refractivity contribution is 0.244. The Hall–Kier alpha value is -0.970. The van der Waals surface area contributed by atoms with Crippen LogP contribution in [0.2, 0.25) is 0 Å². The Bertz CT molecular complexity index is 386. The van der Waals surface area contributed by atoms with Crippen LogP contribution in [0.3, 0.4) is 0 Å². The van der Waals surface area contributed by atoms with Crippen molar-refractivity contribution in [2.24, 2.45) is 0 Å². The van der Waals surface area contributed by atoms with E-state index in [0.29, 0.717) is 11.9 Å². The molecule has 1 saturated carbocycles. The van der Waals surface area contributed by atoms with Crippen molar-refractivity contribution in [2.75, 3.05) is 17.7 Å². The number of anilines is 2. The minimum absolute atomic E-state index is 0.127. The summed E-state index contributed by atoms with van der Waals surface area (Å²) in [6.45, 7) is 4.03. The largest absolute Gasteiger partial charge is 0.484 e. The Labute approximate surface area is 113 Å². The van der Waals surface area contributed by atoms with Crippen LogP contribution in [0.15, 0.2) is 0 Å². The minimum atomic E-state index is 0.127. The van der Waals surface area contributed by atoms with Gasteiger partial charge in [0.05, 0.1) is 6.10 Å². The van der Waals surface area contributed by atoms with Gasteiger partial charge < -0.3 is 15.4 Å². The van der Waals surface area contributed by atoms with Gasteiger partial charge >= 0.3 is 0 Å². The Kier molecular flexibility index (Phi) is 4.32. The van der Waals surface area contributed by atoms with E-state index in [9.17, 15) is 0 Å². The normalized spacial score (nSPS) is 17.1. The summed E-state index contributed by atoms with van der Waals surface area (Å²) in [6.07, 6.45) is 6.66. The fraction of sp³-hybridized carbons (Fsp3) is 0.769. The van der Waals surface area contributed by atoms with E-state index in [1.165, 1.54) is 43.6 Å². The third-order valence-electron chi connectivity index (χ3n) is 3.45. The predicted octanol–water partition coefficient (Wildman–Crippen LogP) is 3.28. The van der Waals surface area contributed by atoms with Crippen LogP contribution < -0.4 is 15.4 Å². The molecule has 1 aromatic heterocycles. The summed E-state index contributed by atoms with van der Waals surface area (Å²) in [7, 11) is 2.14. The average Bonchev–Trinajstić information content (AvgIpc) is 2.71. The van der Waals surface area contributed by atoms with E-state index in [0.717, 1.165) is 10.8 Å². The fourth-order valence-corrected chi connectivity index (χ4v) is 3.27. The summed E-state index contributed by atoms with van der Waals surface area (Å²) in [4.78, 5) is 2.31. The summed E-state index contributed by atoms with van der Waals surface area (Å²) < 4.78 is 10.0. The number of nitrogen functional groups attached to an aromatic ring is 1. The van der Waals surface area contributed by atoms with Gasteiger partial charge in [-0.2, -0.15) is 4.37 Å². The monoisotopic (exact) mass is 269 g/mol. The van der Waals surface area contributed by atoms with Crippen molar-refractivity contribution in [1.29, 1.82) is 0 Å². The first-order valence-electron chi connectivity index (χ1n) is 6.74. The van der Waals surface area contributed by atoms with E-state index in [2.05, 4.69) is 16.3 Å². The Morgan fingerprint density at radius 3 is 2.61 bits per heavy atom. The Morgan fingerprint density at radius 2 is 2.00 bits per heavy atom. The van der Waals surface area contributed by atoms with Crippen molar-refractivity contribution in [2.45, 2.75) is 58.1 Å². The van der Waals surface area contributed by atoms with Gasteiger partial charge in [0.1, 0.15) is 0 Å². The lowest BCUT2D eigenvalue weighted by Gasteiger charge is -2.32. The molecule has 0 bridgehead atoms. The maximum atomic E-state index is 5.90. The van der Waals surface area contributed by atoms with Gasteiger partial charge in [0.25, 0.3) is 0 Å². The van der Waals surface area contributed by atoms with E-state index < -0.39 is 0 Å². The van der Waals surface area contributed by atoms with Crippen LogP contribution >= 0.6 is 11.5 Å². The molecule has 1 fully saturated rings. The smallest absolute Gasteiger partial charge is 0.198 e. The van der Waals surface area contributed by atoms with Crippen LogP contribution in [-0.4, -0.2) is 23.6 Å². The fourth-order valence-electron chi connectivity index (χ4n) is 2.49. The number of hydrogen-bond donors (Lipinski definition) is 1. The molecule has 1 aliphatic rings. The first kappa shape index (κ1) is 13.5. The summed E-state index contributed by atoms with van der Waals surface area (Å²) in [5, 5.41) is 1.08. The second-order valence-electron chi connectivity index (χ2n) is 5.27. The average molecular weight is 269 g/mol. The molecule has 2 rings (SSSR count). The van der Waals surface area contributed by atoms with E-state index in [1.807, 2.05) is 13.8 Å². The molecule has 1 heterocycles. The lowest BCUT2D eigenvalue weighted by Crippen LogP contribution is -2.33. The number of ether oxygens (including phenoxy) is 1. The first-order valence-corrected chi connectivity index (χ1v) is 7.51. The molecule has 0 aliphatic heterocycles. The minimum Gasteiger partial charge on any atom is -0.484 e. The topological polar surface area (TPSA) is 51.4 Å². The molecule has 5 heteroatoms. The molecule has 0 spiro atoms. The van der Waals surface area contributed by atoms with Crippen molar-refractivity contribution < 1.29 is 4.74 Å². The third kappa shape index (κ3) is 2.88. The van der Waals surface area contributed by atoms with Crippen LogP contribution in [0, 0.1) is 0 Å². The molecule has 0 atom stereocenters.